The van der Waals surface area contributed by atoms with Crippen LogP contribution in [0.1, 0.15) is 5.69 Å². The first-order valence-corrected chi connectivity index (χ1v) is 6.34. The van der Waals surface area contributed by atoms with E-state index in [2.05, 4.69) is 0 Å². The molecule has 0 radical (unpaired) electrons. The molecule has 1 aromatic carbocycles. The Morgan fingerprint density at radius 1 is 1.29 bits per heavy atom. The highest BCUT2D eigenvalue weighted by molar-refractivity contribution is 6.25. The number of benzene rings is 1. The Hall–Kier alpha value is -2.84. The zero-order valence-corrected chi connectivity index (χ0v) is 11.9. The van der Waals surface area contributed by atoms with E-state index in [1.54, 1.807) is 22.8 Å². The molecule has 106 valence electrons. The number of amides is 1. The lowest BCUT2D eigenvalue weighted by molar-refractivity contribution is -0.119. The Kier molecular flexibility index (Phi) is 4.54. The summed E-state index contributed by atoms with van der Waals surface area (Å²) in [6.07, 6.45) is 3.04. The van der Waals surface area contributed by atoms with Crippen LogP contribution < -0.4 is 5.06 Å². The predicted molar refractivity (Wildman–Crippen MR) is 79.9 cm³/mol. The molecule has 0 unspecified atom stereocenters. The van der Waals surface area contributed by atoms with Crippen molar-refractivity contribution in [3.05, 3.63) is 60.4 Å². The summed E-state index contributed by atoms with van der Waals surface area (Å²) < 4.78 is 1.78. The van der Waals surface area contributed by atoms with Gasteiger partial charge in [0.2, 0.25) is 0 Å². The summed E-state index contributed by atoms with van der Waals surface area (Å²) in [6.45, 7) is 0. The van der Waals surface area contributed by atoms with Gasteiger partial charge in [0.1, 0.15) is 0 Å². The number of hydrogen-bond donors (Lipinski definition) is 0. The summed E-state index contributed by atoms with van der Waals surface area (Å²) >= 11 is 0. The molecule has 0 spiro atoms. The molecule has 2 rings (SSSR count). The van der Waals surface area contributed by atoms with Crippen LogP contribution in [0.3, 0.4) is 0 Å². The summed E-state index contributed by atoms with van der Waals surface area (Å²) in [5.41, 5.74) is 1.53. The Balaban J connectivity index is 2.42. The lowest BCUT2D eigenvalue weighted by atomic mass is 10.1. The largest absolute Gasteiger partial charge is 0.350 e. The molecule has 2 aromatic rings. The molecule has 1 heterocycles. The van der Waals surface area contributed by atoms with Gasteiger partial charge in [-0.15, -0.1) is 0 Å². The SMILES string of the molecule is CON(C(=O)C(=CC#N)c1cccn1C)c1ccccc1. The molecule has 0 bridgehead atoms. The second-order valence-electron chi connectivity index (χ2n) is 4.31. The minimum absolute atomic E-state index is 0.274. The minimum Gasteiger partial charge on any atom is -0.350 e. The molecule has 0 saturated heterocycles. The molecule has 21 heavy (non-hydrogen) atoms. The number of nitriles is 1. The molecule has 1 amide bonds. The van der Waals surface area contributed by atoms with Crippen LogP contribution in [0.4, 0.5) is 5.69 Å². The van der Waals surface area contributed by atoms with Gasteiger partial charge < -0.3 is 4.57 Å². The molecule has 0 aliphatic heterocycles. The molecule has 0 aliphatic carbocycles. The third-order valence-electron chi connectivity index (χ3n) is 3.02. The average molecular weight is 281 g/mol. The lowest BCUT2D eigenvalue weighted by Crippen LogP contribution is -2.31. The van der Waals surface area contributed by atoms with Crippen molar-refractivity contribution in [3.8, 4) is 6.07 Å². The second-order valence-corrected chi connectivity index (χ2v) is 4.31. The highest BCUT2D eigenvalue weighted by Crippen LogP contribution is 2.22. The molecular weight excluding hydrogens is 266 g/mol. The first-order valence-electron chi connectivity index (χ1n) is 6.34. The van der Waals surface area contributed by atoms with E-state index in [0.717, 1.165) is 5.06 Å². The highest BCUT2D eigenvalue weighted by Gasteiger charge is 2.22. The van der Waals surface area contributed by atoms with Crippen LogP contribution in [0.5, 0.6) is 0 Å². The number of rotatable bonds is 4. The summed E-state index contributed by atoms with van der Waals surface area (Å²) in [5, 5.41) is 10.1. The monoisotopic (exact) mass is 281 g/mol. The van der Waals surface area contributed by atoms with Crippen LogP contribution in [-0.2, 0) is 16.7 Å². The molecule has 0 aliphatic rings. The fraction of sp³-hybridized carbons (Fsp3) is 0.125. The van der Waals surface area contributed by atoms with Gasteiger partial charge >= 0.3 is 0 Å². The smallest absolute Gasteiger partial charge is 0.285 e. The quantitative estimate of drug-likeness (QED) is 0.491. The number of aryl methyl sites for hydroxylation is 1. The summed E-state index contributed by atoms with van der Waals surface area (Å²) in [6, 6.07) is 14.5. The van der Waals surface area contributed by atoms with Crippen molar-refractivity contribution in [2.75, 3.05) is 12.2 Å². The van der Waals surface area contributed by atoms with Gasteiger partial charge in [-0.1, -0.05) is 18.2 Å². The topological polar surface area (TPSA) is 58.3 Å². The highest BCUT2D eigenvalue weighted by atomic mass is 16.7. The van der Waals surface area contributed by atoms with Crippen molar-refractivity contribution in [2.45, 2.75) is 0 Å². The maximum Gasteiger partial charge on any atom is 0.285 e. The number of carbonyl (C=O) groups excluding carboxylic acids is 1. The molecule has 1 aromatic heterocycles. The summed E-state index contributed by atoms with van der Waals surface area (Å²) in [7, 11) is 3.23. The number of anilines is 1. The van der Waals surface area contributed by atoms with Crippen molar-refractivity contribution in [3.63, 3.8) is 0 Å². The zero-order valence-electron chi connectivity index (χ0n) is 11.9. The fourth-order valence-corrected chi connectivity index (χ4v) is 2.03. The van der Waals surface area contributed by atoms with E-state index in [1.807, 2.05) is 43.6 Å². The molecule has 5 nitrogen and oxygen atoms in total. The van der Waals surface area contributed by atoms with E-state index < -0.39 is 5.91 Å². The summed E-state index contributed by atoms with van der Waals surface area (Å²) in [5.74, 6) is -0.396. The number of aromatic nitrogens is 1. The molecule has 5 heteroatoms. The minimum atomic E-state index is -0.396. The van der Waals surface area contributed by atoms with Crippen molar-refractivity contribution in [1.29, 1.82) is 5.26 Å². The van der Waals surface area contributed by atoms with Crippen molar-refractivity contribution >= 4 is 17.2 Å². The fourth-order valence-electron chi connectivity index (χ4n) is 2.03. The van der Waals surface area contributed by atoms with E-state index >= 15 is 0 Å². The number of carbonyl (C=O) groups is 1. The van der Waals surface area contributed by atoms with Crippen LogP contribution in [0.15, 0.2) is 54.7 Å². The van der Waals surface area contributed by atoms with Crippen LogP contribution >= 0.6 is 0 Å². The summed E-state index contributed by atoms with van der Waals surface area (Å²) in [4.78, 5) is 17.9. The van der Waals surface area contributed by atoms with Gasteiger partial charge in [-0.25, -0.2) is 0 Å². The van der Waals surface area contributed by atoms with Crippen molar-refractivity contribution in [1.82, 2.24) is 4.57 Å². The van der Waals surface area contributed by atoms with E-state index in [1.165, 1.54) is 13.2 Å². The van der Waals surface area contributed by atoms with E-state index in [9.17, 15) is 4.79 Å². The number of hydrogen-bond acceptors (Lipinski definition) is 3. The van der Waals surface area contributed by atoms with E-state index in [0.29, 0.717) is 11.4 Å². The Morgan fingerprint density at radius 2 is 2.00 bits per heavy atom. The lowest BCUT2D eigenvalue weighted by Gasteiger charge is -2.21. The maximum atomic E-state index is 12.7. The zero-order chi connectivity index (χ0) is 15.2. The van der Waals surface area contributed by atoms with Gasteiger partial charge in [-0.2, -0.15) is 10.3 Å². The molecule has 0 fully saturated rings. The maximum absolute atomic E-state index is 12.7. The van der Waals surface area contributed by atoms with Crippen LogP contribution in [0.2, 0.25) is 0 Å². The van der Waals surface area contributed by atoms with Gasteiger partial charge in [0.25, 0.3) is 5.91 Å². The molecule has 0 N–H and O–H groups in total. The van der Waals surface area contributed by atoms with Gasteiger partial charge in [0.15, 0.2) is 0 Å². The Labute approximate surface area is 123 Å². The van der Waals surface area contributed by atoms with Gasteiger partial charge in [-0.3, -0.25) is 9.63 Å². The van der Waals surface area contributed by atoms with Crippen LogP contribution in [0.25, 0.3) is 5.57 Å². The van der Waals surface area contributed by atoms with Gasteiger partial charge in [0, 0.05) is 19.3 Å². The Bertz CT molecular complexity index is 696. The van der Waals surface area contributed by atoms with Crippen molar-refractivity contribution in [2.24, 2.45) is 7.05 Å². The third-order valence-corrected chi connectivity index (χ3v) is 3.02. The second kappa shape index (κ2) is 6.55. The van der Waals surface area contributed by atoms with E-state index in [-0.39, 0.29) is 5.57 Å². The molecule has 0 atom stereocenters. The number of nitrogens with zero attached hydrogens (tertiary/aromatic N) is 3. The third kappa shape index (κ3) is 3.02. The predicted octanol–water partition coefficient (Wildman–Crippen LogP) is 2.53. The first-order chi connectivity index (χ1) is 10.2. The van der Waals surface area contributed by atoms with Gasteiger partial charge in [0.05, 0.1) is 30.1 Å². The first kappa shape index (κ1) is 14.6. The van der Waals surface area contributed by atoms with Crippen LogP contribution in [-0.4, -0.2) is 17.6 Å². The number of hydroxylamine groups is 1. The average Bonchev–Trinajstić information content (AvgIpc) is 2.92. The van der Waals surface area contributed by atoms with E-state index in [4.69, 9.17) is 10.1 Å². The number of allylic oxidation sites excluding steroid dienone is 1. The normalized spacial score (nSPS) is 11.0. The molecule has 0 saturated carbocycles. The standard InChI is InChI=1S/C16H15N3O2/c1-18-12-6-9-15(18)14(10-11-17)16(20)19(21-2)13-7-4-3-5-8-13/h3-10,12H,1-2H3. The van der Waals surface area contributed by atoms with Crippen molar-refractivity contribution < 1.29 is 9.63 Å². The Morgan fingerprint density at radius 3 is 2.52 bits per heavy atom. The van der Waals surface area contributed by atoms with Crippen LogP contribution in [0, 0.1) is 11.3 Å². The molecular formula is C16H15N3O2. The van der Waals surface area contributed by atoms with Gasteiger partial charge in [-0.05, 0) is 24.3 Å². The number of para-hydroxylation sites is 1.